The number of hydrogen-bond acceptors (Lipinski definition) is 8. The van der Waals surface area contributed by atoms with Gasteiger partial charge in [0.1, 0.15) is 11.8 Å². The largest absolute Gasteiger partial charge is 0.469 e. The van der Waals surface area contributed by atoms with Gasteiger partial charge in [-0.1, -0.05) is 0 Å². The quantitative estimate of drug-likeness (QED) is 0.550. The number of thioether (sulfide) groups is 1. The van der Waals surface area contributed by atoms with Gasteiger partial charge in [-0.3, -0.25) is 4.52 Å². The molecule has 0 radical (unpaired) electrons. The van der Waals surface area contributed by atoms with Crippen LogP contribution in [0.3, 0.4) is 0 Å². The summed E-state index contributed by atoms with van der Waals surface area (Å²) in [5, 5.41) is 9.41. The summed E-state index contributed by atoms with van der Waals surface area (Å²) in [4.78, 5) is 29.6. The Hall–Kier alpha value is -1.23. The van der Waals surface area contributed by atoms with Crippen LogP contribution >= 0.6 is 19.6 Å². The Morgan fingerprint density at radius 3 is 2.95 bits per heavy atom. The monoisotopic (exact) mass is 347 g/mol. The minimum Gasteiger partial charge on any atom is -0.392 e. The number of nitrogens with zero attached hydrogens (tertiary/aromatic N) is 4. The summed E-state index contributed by atoms with van der Waals surface area (Å²) in [6.07, 6.45) is 2.53. The van der Waals surface area contributed by atoms with Gasteiger partial charge in [-0.2, -0.15) is 0 Å². The molecule has 0 saturated carbocycles. The van der Waals surface area contributed by atoms with Crippen molar-refractivity contribution in [2.75, 3.05) is 12.3 Å². The lowest BCUT2D eigenvalue weighted by molar-refractivity contribution is 0.128. The van der Waals surface area contributed by atoms with Crippen molar-refractivity contribution in [2.24, 2.45) is 0 Å². The zero-order valence-corrected chi connectivity index (χ0v) is 12.9. The van der Waals surface area contributed by atoms with Crippen LogP contribution in [0.1, 0.15) is 11.8 Å². The molecule has 0 aromatic carbocycles. The predicted octanol–water partition coefficient (Wildman–Crippen LogP) is -0.117. The Labute approximate surface area is 129 Å². The fraction of sp³-hybridized carbons (Fsp3) is 0.500. The number of aromatic nitrogens is 4. The number of nitrogen functional groups attached to an aromatic ring is 1. The van der Waals surface area contributed by atoms with E-state index >= 15 is 0 Å². The van der Waals surface area contributed by atoms with E-state index in [4.69, 9.17) is 15.5 Å². The highest BCUT2D eigenvalue weighted by Gasteiger charge is 2.37. The molecule has 0 aliphatic carbocycles. The molecular formula is C10H14N5O5PS. The summed E-state index contributed by atoms with van der Waals surface area (Å²) in [5.41, 5.74) is 6.76. The van der Waals surface area contributed by atoms with Gasteiger partial charge in [0.15, 0.2) is 11.5 Å². The highest BCUT2D eigenvalue weighted by molar-refractivity contribution is 8.00. The van der Waals surface area contributed by atoms with Crippen molar-refractivity contribution in [2.45, 2.75) is 23.1 Å². The second-order valence-corrected chi connectivity index (χ2v) is 7.46. The molecule has 1 saturated heterocycles. The molecule has 3 rings (SSSR count). The van der Waals surface area contributed by atoms with Crippen LogP contribution in [0.15, 0.2) is 12.7 Å². The van der Waals surface area contributed by atoms with Crippen molar-refractivity contribution >= 4 is 36.6 Å². The average molecular weight is 347 g/mol. The molecule has 5 N–H and O–H groups in total. The number of phosphoric ester groups is 1. The molecule has 10 nitrogen and oxygen atoms in total. The highest BCUT2D eigenvalue weighted by Crippen LogP contribution is 2.45. The van der Waals surface area contributed by atoms with Gasteiger partial charge < -0.3 is 25.2 Å². The molecule has 0 unspecified atom stereocenters. The number of phosphoric acid groups is 1. The fourth-order valence-corrected chi connectivity index (χ4v) is 4.18. The third-order valence-corrected chi connectivity index (χ3v) is 5.33. The van der Waals surface area contributed by atoms with Crippen molar-refractivity contribution in [1.29, 1.82) is 0 Å². The van der Waals surface area contributed by atoms with Crippen LogP contribution in [-0.2, 0) is 9.09 Å². The summed E-state index contributed by atoms with van der Waals surface area (Å²) in [5.74, 6) is 0.272. The number of aliphatic hydroxyl groups excluding tert-OH is 1. The molecule has 2 aromatic rings. The first-order valence-electron chi connectivity index (χ1n) is 6.32. The third kappa shape index (κ3) is 3.09. The van der Waals surface area contributed by atoms with Gasteiger partial charge in [-0.25, -0.2) is 19.5 Å². The topological polar surface area (TPSA) is 157 Å². The summed E-state index contributed by atoms with van der Waals surface area (Å²) in [7, 11) is -4.55. The molecule has 2 aromatic heterocycles. The van der Waals surface area contributed by atoms with Crippen LogP contribution in [0, 0.1) is 0 Å². The smallest absolute Gasteiger partial charge is 0.392 e. The van der Waals surface area contributed by atoms with Crippen molar-refractivity contribution in [3.8, 4) is 0 Å². The normalized spacial score (nSPS) is 25.9. The fourth-order valence-electron chi connectivity index (χ4n) is 2.29. The molecule has 1 fully saturated rings. The molecule has 1 aliphatic rings. The van der Waals surface area contributed by atoms with E-state index in [0.717, 1.165) is 0 Å². The lowest BCUT2D eigenvalue weighted by Gasteiger charge is -2.14. The van der Waals surface area contributed by atoms with Crippen LogP contribution < -0.4 is 5.73 Å². The van der Waals surface area contributed by atoms with E-state index in [1.807, 2.05) is 0 Å². The summed E-state index contributed by atoms with van der Waals surface area (Å²) in [6.45, 7) is -0.240. The van der Waals surface area contributed by atoms with Crippen molar-refractivity contribution in [3.05, 3.63) is 12.7 Å². The van der Waals surface area contributed by atoms with Gasteiger partial charge in [-0.05, 0) is 0 Å². The first-order chi connectivity index (χ1) is 10.3. The van der Waals surface area contributed by atoms with Crippen LogP contribution in [0.5, 0.6) is 0 Å². The maximum atomic E-state index is 10.8. The molecule has 0 bridgehead atoms. The first-order valence-corrected chi connectivity index (χ1v) is 8.79. The van der Waals surface area contributed by atoms with Gasteiger partial charge in [0.2, 0.25) is 0 Å². The van der Waals surface area contributed by atoms with Crippen molar-refractivity contribution in [3.63, 3.8) is 0 Å². The van der Waals surface area contributed by atoms with E-state index in [0.29, 0.717) is 17.6 Å². The van der Waals surface area contributed by atoms with Crippen LogP contribution in [0.4, 0.5) is 5.82 Å². The molecule has 22 heavy (non-hydrogen) atoms. The molecule has 3 atom stereocenters. The molecule has 0 spiro atoms. The highest BCUT2D eigenvalue weighted by atomic mass is 32.2. The van der Waals surface area contributed by atoms with E-state index in [9.17, 15) is 9.67 Å². The number of fused-ring (bicyclic) bond motifs is 1. The maximum absolute atomic E-state index is 10.8. The molecule has 3 heterocycles. The number of imidazole rings is 1. The second-order valence-electron chi connectivity index (χ2n) is 4.80. The Balaban J connectivity index is 1.78. The Bertz CT molecular complexity index is 736. The number of anilines is 1. The average Bonchev–Trinajstić information content (AvgIpc) is 3.00. The number of rotatable bonds is 4. The molecular weight excluding hydrogens is 333 g/mol. The van der Waals surface area contributed by atoms with Crippen molar-refractivity contribution < 1.29 is 24.0 Å². The standard InChI is InChI=1S/C10H14N5O5PS/c11-9-8-10(13-3-12-9)15(4-14-8)7-1-5(16)6(22-7)2-20-21(17,18)19/h3-7,16H,1-2H2,(H2,11,12,13)(H2,17,18,19)/t5-,6+,7+/m0/s1. The summed E-state index contributed by atoms with van der Waals surface area (Å²) in [6, 6.07) is 0. The minimum absolute atomic E-state index is 0.181. The van der Waals surface area contributed by atoms with Gasteiger partial charge in [-0.15, -0.1) is 11.8 Å². The lowest BCUT2D eigenvalue weighted by atomic mass is 10.2. The van der Waals surface area contributed by atoms with Crippen LogP contribution in [-0.4, -0.2) is 52.4 Å². The molecule has 1 aliphatic heterocycles. The Kier molecular flexibility index (Phi) is 4.10. The number of aliphatic hydroxyl groups is 1. The molecule has 120 valence electrons. The van der Waals surface area contributed by atoms with E-state index in [2.05, 4.69) is 19.5 Å². The van der Waals surface area contributed by atoms with E-state index in [1.54, 1.807) is 10.9 Å². The van der Waals surface area contributed by atoms with E-state index in [-0.39, 0.29) is 17.8 Å². The SMILES string of the molecule is Nc1ncnc2c1ncn2[C@H]1C[C@H](O)[C@@H](COP(=O)(O)O)S1. The summed E-state index contributed by atoms with van der Waals surface area (Å²) >= 11 is 1.34. The zero-order chi connectivity index (χ0) is 15.9. The van der Waals surface area contributed by atoms with Crippen molar-refractivity contribution in [1.82, 2.24) is 19.5 Å². The molecule has 12 heteroatoms. The number of nitrogens with two attached hydrogens (primary N) is 1. The molecule has 0 amide bonds. The predicted molar refractivity (Wildman–Crippen MR) is 78.8 cm³/mol. The zero-order valence-electron chi connectivity index (χ0n) is 11.2. The lowest BCUT2D eigenvalue weighted by Crippen LogP contribution is -2.22. The van der Waals surface area contributed by atoms with Gasteiger partial charge in [0.05, 0.1) is 29.7 Å². The van der Waals surface area contributed by atoms with E-state index in [1.165, 1.54) is 18.1 Å². The third-order valence-electron chi connectivity index (χ3n) is 3.31. The number of hydrogen-bond donors (Lipinski definition) is 4. The Morgan fingerprint density at radius 2 is 2.23 bits per heavy atom. The van der Waals surface area contributed by atoms with Gasteiger partial charge in [0, 0.05) is 6.42 Å². The first kappa shape index (κ1) is 15.7. The second kappa shape index (κ2) is 5.76. The summed E-state index contributed by atoms with van der Waals surface area (Å²) < 4.78 is 17.0. The Morgan fingerprint density at radius 1 is 1.45 bits per heavy atom. The van der Waals surface area contributed by atoms with Gasteiger partial charge in [0.25, 0.3) is 0 Å². The van der Waals surface area contributed by atoms with E-state index < -0.39 is 19.2 Å². The van der Waals surface area contributed by atoms with Crippen LogP contribution in [0.25, 0.3) is 11.2 Å². The maximum Gasteiger partial charge on any atom is 0.469 e. The van der Waals surface area contributed by atoms with Crippen LogP contribution in [0.2, 0.25) is 0 Å². The van der Waals surface area contributed by atoms with Gasteiger partial charge >= 0.3 is 7.82 Å². The minimum atomic E-state index is -4.55.